The van der Waals surface area contributed by atoms with E-state index in [0.717, 1.165) is 24.5 Å². The van der Waals surface area contributed by atoms with Crippen molar-refractivity contribution in [2.75, 3.05) is 18.0 Å². The monoisotopic (exact) mass is 235 g/mol. The molecule has 1 aromatic heterocycles. The van der Waals surface area contributed by atoms with Crippen molar-refractivity contribution in [3.63, 3.8) is 0 Å². The van der Waals surface area contributed by atoms with E-state index < -0.39 is 0 Å². The number of hydrogen-bond acceptors (Lipinski definition) is 3. The molecule has 2 rings (SSSR count). The zero-order valence-corrected chi connectivity index (χ0v) is 10.5. The lowest BCUT2D eigenvalue weighted by atomic mass is 9.93. The Kier molecular flexibility index (Phi) is 2.84. The van der Waals surface area contributed by atoms with Crippen molar-refractivity contribution in [1.82, 2.24) is 4.98 Å². The van der Waals surface area contributed by atoms with E-state index in [9.17, 15) is 0 Å². The molecule has 2 heterocycles. The Balaban J connectivity index is 2.22. The summed E-state index contributed by atoms with van der Waals surface area (Å²) in [6, 6.07) is 3.83. The van der Waals surface area contributed by atoms with Crippen LogP contribution in [-0.4, -0.2) is 23.1 Å². The predicted molar refractivity (Wildman–Crippen MR) is 70.7 cm³/mol. The van der Waals surface area contributed by atoms with E-state index in [1.165, 1.54) is 6.42 Å². The predicted octanol–water partition coefficient (Wildman–Crippen LogP) is 1.95. The molecule has 0 aliphatic carbocycles. The van der Waals surface area contributed by atoms with Crippen LogP contribution in [0.2, 0.25) is 0 Å². The molecule has 0 spiro atoms. The molecular formula is C12H17N3S. The highest BCUT2D eigenvalue weighted by Gasteiger charge is 2.29. The van der Waals surface area contributed by atoms with Crippen LogP contribution in [-0.2, 0) is 0 Å². The molecular weight excluding hydrogens is 218 g/mol. The summed E-state index contributed by atoms with van der Waals surface area (Å²) in [7, 11) is 0. The number of nitrogens with zero attached hydrogens (tertiary/aromatic N) is 2. The van der Waals surface area contributed by atoms with Gasteiger partial charge in [-0.25, -0.2) is 4.98 Å². The van der Waals surface area contributed by atoms with Crippen LogP contribution in [0.25, 0.3) is 0 Å². The molecule has 1 aliphatic rings. The number of thiocarbonyl (C=S) groups is 1. The highest BCUT2D eigenvalue weighted by molar-refractivity contribution is 7.80. The molecule has 0 unspecified atom stereocenters. The highest BCUT2D eigenvalue weighted by atomic mass is 32.1. The van der Waals surface area contributed by atoms with E-state index in [0.29, 0.717) is 10.4 Å². The molecule has 1 aromatic rings. The zero-order chi connectivity index (χ0) is 11.8. The third-order valence-electron chi connectivity index (χ3n) is 3.03. The number of pyridine rings is 1. The third kappa shape index (κ3) is 2.32. The van der Waals surface area contributed by atoms with Crippen molar-refractivity contribution in [3.05, 3.63) is 23.9 Å². The maximum atomic E-state index is 5.62. The molecule has 1 fully saturated rings. The van der Waals surface area contributed by atoms with Gasteiger partial charge in [0.15, 0.2) is 0 Å². The van der Waals surface area contributed by atoms with E-state index in [2.05, 4.69) is 23.7 Å². The lowest BCUT2D eigenvalue weighted by molar-refractivity contribution is 0.418. The molecule has 1 aliphatic heterocycles. The molecule has 16 heavy (non-hydrogen) atoms. The van der Waals surface area contributed by atoms with Crippen LogP contribution >= 0.6 is 12.2 Å². The Hall–Kier alpha value is -1.16. The fraction of sp³-hybridized carbons (Fsp3) is 0.500. The van der Waals surface area contributed by atoms with Crippen molar-refractivity contribution in [2.24, 2.45) is 11.1 Å². The number of nitrogens with two attached hydrogens (primary N) is 1. The van der Waals surface area contributed by atoms with Crippen molar-refractivity contribution < 1.29 is 0 Å². The molecule has 0 atom stereocenters. The quantitative estimate of drug-likeness (QED) is 0.796. The number of aromatic nitrogens is 1. The van der Waals surface area contributed by atoms with Crippen molar-refractivity contribution in [2.45, 2.75) is 20.3 Å². The zero-order valence-electron chi connectivity index (χ0n) is 9.73. The summed E-state index contributed by atoms with van der Waals surface area (Å²) in [6.07, 6.45) is 2.97. The third-order valence-corrected chi connectivity index (χ3v) is 3.27. The fourth-order valence-corrected chi connectivity index (χ4v) is 2.18. The number of hydrogen-bond donors (Lipinski definition) is 1. The number of anilines is 1. The Bertz CT molecular complexity index is 414. The van der Waals surface area contributed by atoms with Gasteiger partial charge in [0.05, 0.1) is 0 Å². The minimum Gasteiger partial charge on any atom is -0.389 e. The maximum Gasteiger partial charge on any atom is 0.129 e. The standard InChI is InChI=1S/C12H17N3S/c1-12(2)4-6-15(8-12)10-7-9(11(13)16)3-5-14-10/h3,5,7H,4,6,8H2,1-2H3,(H2,13,16). The molecule has 86 valence electrons. The minimum absolute atomic E-state index is 0.376. The topological polar surface area (TPSA) is 42.1 Å². The minimum atomic E-state index is 0.376. The second-order valence-corrected chi connectivity index (χ2v) is 5.54. The first kappa shape index (κ1) is 11.3. The van der Waals surface area contributed by atoms with E-state index in [4.69, 9.17) is 18.0 Å². The Morgan fingerprint density at radius 3 is 2.88 bits per heavy atom. The normalized spacial score (nSPS) is 18.8. The molecule has 1 saturated heterocycles. The van der Waals surface area contributed by atoms with E-state index in [-0.39, 0.29) is 0 Å². The van der Waals surface area contributed by atoms with Crippen molar-refractivity contribution >= 4 is 23.0 Å². The first-order valence-corrected chi connectivity index (χ1v) is 5.90. The Morgan fingerprint density at radius 1 is 1.56 bits per heavy atom. The van der Waals surface area contributed by atoms with Gasteiger partial charge in [-0.1, -0.05) is 26.1 Å². The molecule has 2 N–H and O–H groups in total. The fourth-order valence-electron chi connectivity index (χ4n) is 2.05. The van der Waals surface area contributed by atoms with Gasteiger partial charge in [-0.2, -0.15) is 0 Å². The van der Waals surface area contributed by atoms with Gasteiger partial charge in [-0.05, 0) is 24.0 Å². The van der Waals surface area contributed by atoms with Crippen LogP contribution in [0, 0.1) is 5.41 Å². The molecule has 0 amide bonds. The summed E-state index contributed by atoms with van der Waals surface area (Å²) < 4.78 is 0. The first-order valence-electron chi connectivity index (χ1n) is 5.49. The van der Waals surface area contributed by atoms with Crippen LogP contribution in [0.3, 0.4) is 0 Å². The largest absolute Gasteiger partial charge is 0.389 e. The SMILES string of the molecule is CC1(C)CCN(c2cc(C(N)=S)ccn2)C1. The van der Waals surface area contributed by atoms with E-state index in [1.807, 2.05) is 12.1 Å². The van der Waals surface area contributed by atoms with Gasteiger partial charge in [0, 0.05) is 24.8 Å². The summed E-state index contributed by atoms with van der Waals surface area (Å²) in [5.74, 6) is 0.982. The lowest BCUT2D eigenvalue weighted by Crippen LogP contribution is -2.24. The van der Waals surface area contributed by atoms with Crippen LogP contribution in [0.5, 0.6) is 0 Å². The van der Waals surface area contributed by atoms with Gasteiger partial charge >= 0.3 is 0 Å². The van der Waals surface area contributed by atoms with Gasteiger partial charge in [-0.3, -0.25) is 0 Å². The summed E-state index contributed by atoms with van der Waals surface area (Å²) in [4.78, 5) is 7.11. The average molecular weight is 235 g/mol. The Labute approximate surface area is 102 Å². The van der Waals surface area contributed by atoms with Gasteiger partial charge in [-0.15, -0.1) is 0 Å². The van der Waals surface area contributed by atoms with Crippen molar-refractivity contribution in [3.8, 4) is 0 Å². The van der Waals surface area contributed by atoms with Gasteiger partial charge < -0.3 is 10.6 Å². The van der Waals surface area contributed by atoms with Crippen LogP contribution < -0.4 is 10.6 Å². The summed E-state index contributed by atoms with van der Waals surface area (Å²) in [6.45, 7) is 6.66. The molecule has 0 aromatic carbocycles. The summed E-state index contributed by atoms with van der Waals surface area (Å²) in [5, 5.41) is 0. The van der Waals surface area contributed by atoms with E-state index in [1.54, 1.807) is 6.20 Å². The Morgan fingerprint density at radius 2 is 2.31 bits per heavy atom. The first-order chi connectivity index (χ1) is 7.48. The average Bonchev–Trinajstić information content (AvgIpc) is 2.59. The van der Waals surface area contributed by atoms with Crippen LogP contribution in [0.4, 0.5) is 5.82 Å². The molecule has 3 nitrogen and oxygen atoms in total. The second kappa shape index (κ2) is 4.01. The van der Waals surface area contributed by atoms with Crippen LogP contribution in [0.15, 0.2) is 18.3 Å². The summed E-state index contributed by atoms with van der Waals surface area (Å²) in [5.41, 5.74) is 6.89. The highest BCUT2D eigenvalue weighted by Crippen LogP contribution is 2.31. The second-order valence-electron chi connectivity index (χ2n) is 5.10. The molecule has 0 radical (unpaired) electrons. The van der Waals surface area contributed by atoms with Crippen LogP contribution in [0.1, 0.15) is 25.8 Å². The molecule has 0 bridgehead atoms. The van der Waals surface area contributed by atoms with E-state index >= 15 is 0 Å². The summed E-state index contributed by atoms with van der Waals surface area (Å²) >= 11 is 4.97. The van der Waals surface area contributed by atoms with Gasteiger partial charge in [0.2, 0.25) is 0 Å². The maximum absolute atomic E-state index is 5.62. The number of rotatable bonds is 2. The molecule has 0 saturated carbocycles. The lowest BCUT2D eigenvalue weighted by Gasteiger charge is -2.20. The van der Waals surface area contributed by atoms with Gasteiger partial charge in [0.1, 0.15) is 10.8 Å². The molecule has 4 heteroatoms. The van der Waals surface area contributed by atoms with Gasteiger partial charge in [0.25, 0.3) is 0 Å². The van der Waals surface area contributed by atoms with Crippen molar-refractivity contribution in [1.29, 1.82) is 0 Å². The smallest absolute Gasteiger partial charge is 0.129 e.